The van der Waals surface area contributed by atoms with Gasteiger partial charge in [0.15, 0.2) is 6.10 Å². The minimum atomic E-state index is -0.429. The fourth-order valence-electron chi connectivity index (χ4n) is 2.03. The second-order valence-corrected chi connectivity index (χ2v) is 4.19. The number of anilines is 1. The van der Waals surface area contributed by atoms with Crippen molar-refractivity contribution >= 4 is 11.6 Å². The standard InChI is InChI=1S/C13H18N2O2/c1-3-10-4-5-12-11(8-10)15(7-6-14)13(16)9(2)17-12/h4-5,8-9H,3,6-7,14H2,1-2H3. The molecule has 4 heteroatoms. The third kappa shape index (κ3) is 2.13. The molecule has 0 saturated heterocycles. The number of hydrogen-bond acceptors (Lipinski definition) is 3. The topological polar surface area (TPSA) is 55.6 Å². The van der Waals surface area contributed by atoms with E-state index < -0.39 is 6.10 Å². The van der Waals surface area contributed by atoms with E-state index in [4.69, 9.17) is 10.5 Å². The largest absolute Gasteiger partial charge is 0.479 e. The zero-order chi connectivity index (χ0) is 12.4. The summed E-state index contributed by atoms with van der Waals surface area (Å²) >= 11 is 0. The molecule has 17 heavy (non-hydrogen) atoms. The number of nitrogens with zero attached hydrogens (tertiary/aromatic N) is 1. The van der Waals surface area contributed by atoms with Gasteiger partial charge in [0.1, 0.15) is 5.75 Å². The van der Waals surface area contributed by atoms with Gasteiger partial charge in [0.05, 0.1) is 5.69 Å². The molecule has 1 aromatic rings. The number of carbonyl (C=O) groups is 1. The van der Waals surface area contributed by atoms with Gasteiger partial charge in [-0.3, -0.25) is 4.79 Å². The fourth-order valence-corrected chi connectivity index (χ4v) is 2.03. The van der Waals surface area contributed by atoms with Crippen LogP contribution in [0.4, 0.5) is 5.69 Å². The molecular weight excluding hydrogens is 216 g/mol. The normalized spacial score (nSPS) is 18.9. The van der Waals surface area contributed by atoms with E-state index in [1.54, 1.807) is 11.8 Å². The molecule has 0 fully saturated rings. The molecule has 1 atom stereocenters. The number of hydrogen-bond donors (Lipinski definition) is 1. The third-order valence-corrected chi connectivity index (χ3v) is 2.99. The van der Waals surface area contributed by atoms with Gasteiger partial charge in [-0.15, -0.1) is 0 Å². The third-order valence-electron chi connectivity index (χ3n) is 2.99. The zero-order valence-corrected chi connectivity index (χ0v) is 10.3. The predicted octanol–water partition coefficient (Wildman–Crippen LogP) is 1.32. The lowest BCUT2D eigenvalue weighted by atomic mass is 10.1. The van der Waals surface area contributed by atoms with Crippen LogP contribution in [0.3, 0.4) is 0 Å². The van der Waals surface area contributed by atoms with Gasteiger partial charge in [-0.2, -0.15) is 0 Å². The van der Waals surface area contributed by atoms with Crippen molar-refractivity contribution in [3.05, 3.63) is 23.8 Å². The smallest absolute Gasteiger partial charge is 0.267 e. The summed E-state index contributed by atoms with van der Waals surface area (Å²) < 4.78 is 5.59. The van der Waals surface area contributed by atoms with Crippen LogP contribution in [-0.2, 0) is 11.2 Å². The molecule has 1 aliphatic heterocycles. The van der Waals surface area contributed by atoms with Crippen molar-refractivity contribution in [2.24, 2.45) is 5.73 Å². The Kier molecular flexibility index (Phi) is 3.33. The molecule has 1 aliphatic rings. The maximum Gasteiger partial charge on any atom is 0.267 e. The highest BCUT2D eigenvalue weighted by Crippen LogP contribution is 2.34. The van der Waals surface area contributed by atoms with E-state index in [-0.39, 0.29) is 5.91 Å². The summed E-state index contributed by atoms with van der Waals surface area (Å²) in [7, 11) is 0. The summed E-state index contributed by atoms with van der Waals surface area (Å²) in [4.78, 5) is 13.7. The maximum atomic E-state index is 12.0. The van der Waals surface area contributed by atoms with Crippen LogP contribution >= 0.6 is 0 Å². The number of amides is 1. The molecule has 0 spiro atoms. The average Bonchev–Trinajstić information content (AvgIpc) is 2.34. The molecule has 1 heterocycles. The molecule has 1 unspecified atom stereocenters. The minimum absolute atomic E-state index is 0.0174. The number of nitrogens with two attached hydrogens (primary N) is 1. The molecular formula is C13H18N2O2. The van der Waals surface area contributed by atoms with Gasteiger partial charge in [0, 0.05) is 13.1 Å². The van der Waals surface area contributed by atoms with E-state index in [1.807, 2.05) is 18.2 Å². The second kappa shape index (κ2) is 4.75. The number of aryl methyl sites for hydroxylation is 1. The first-order valence-corrected chi connectivity index (χ1v) is 5.98. The Morgan fingerprint density at radius 3 is 2.88 bits per heavy atom. The van der Waals surface area contributed by atoms with Crippen LogP contribution < -0.4 is 15.4 Å². The molecule has 2 rings (SSSR count). The highest BCUT2D eigenvalue weighted by Gasteiger charge is 2.30. The van der Waals surface area contributed by atoms with E-state index >= 15 is 0 Å². The van der Waals surface area contributed by atoms with Crippen LogP contribution in [0.15, 0.2) is 18.2 Å². The molecule has 2 N–H and O–H groups in total. The van der Waals surface area contributed by atoms with Crippen LogP contribution in [0.1, 0.15) is 19.4 Å². The van der Waals surface area contributed by atoms with Gasteiger partial charge in [0.2, 0.25) is 0 Å². The van der Waals surface area contributed by atoms with Crippen LogP contribution in [-0.4, -0.2) is 25.1 Å². The van der Waals surface area contributed by atoms with Crippen molar-refractivity contribution in [2.75, 3.05) is 18.0 Å². The number of carbonyl (C=O) groups excluding carboxylic acids is 1. The fraction of sp³-hybridized carbons (Fsp3) is 0.462. The summed E-state index contributed by atoms with van der Waals surface area (Å²) in [6.45, 7) is 4.84. The van der Waals surface area contributed by atoms with E-state index in [9.17, 15) is 4.79 Å². The monoisotopic (exact) mass is 234 g/mol. The van der Waals surface area contributed by atoms with Gasteiger partial charge in [0.25, 0.3) is 5.91 Å². The van der Waals surface area contributed by atoms with E-state index in [1.165, 1.54) is 5.56 Å². The SMILES string of the molecule is CCc1ccc2c(c1)N(CCN)C(=O)C(C)O2. The van der Waals surface area contributed by atoms with Gasteiger partial charge in [-0.25, -0.2) is 0 Å². The molecule has 4 nitrogen and oxygen atoms in total. The first-order chi connectivity index (χ1) is 8.17. The van der Waals surface area contributed by atoms with E-state index in [0.29, 0.717) is 13.1 Å². The Morgan fingerprint density at radius 2 is 2.24 bits per heavy atom. The van der Waals surface area contributed by atoms with E-state index in [2.05, 4.69) is 6.92 Å². The Bertz CT molecular complexity index is 431. The Balaban J connectivity index is 2.43. The van der Waals surface area contributed by atoms with Gasteiger partial charge in [-0.05, 0) is 31.0 Å². The molecule has 0 aliphatic carbocycles. The van der Waals surface area contributed by atoms with Gasteiger partial charge in [-0.1, -0.05) is 13.0 Å². The summed E-state index contributed by atoms with van der Waals surface area (Å²) in [5.41, 5.74) is 7.60. The molecule has 92 valence electrons. The number of ether oxygens (including phenoxy) is 1. The predicted molar refractivity (Wildman–Crippen MR) is 67.3 cm³/mol. The molecule has 0 saturated carbocycles. The molecule has 0 bridgehead atoms. The Morgan fingerprint density at radius 1 is 1.47 bits per heavy atom. The molecule has 1 amide bonds. The van der Waals surface area contributed by atoms with Crippen molar-refractivity contribution in [3.63, 3.8) is 0 Å². The Hall–Kier alpha value is -1.55. The second-order valence-electron chi connectivity index (χ2n) is 4.19. The zero-order valence-electron chi connectivity index (χ0n) is 10.3. The summed E-state index contributed by atoms with van der Waals surface area (Å²) in [6.07, 6.45) is 0.509. The lowest BCUT2D eigenvalue weighted by Gasteiger charge is -2.33. The highest BCUT2D eigenvalue weighted by atomic mass is 16.5. The average molecular weight is 234 g/mol. The van der Waals surface area contributed by atoms with Crippen LogP contribution in [0.5, 0.6) is 5.75 Å². The summed E-state index contributed by atoms with van der Waals surface area (Å²) in [6, 6.07) is 5.97. The number of fused-ring (bicyclic) bond motifs is 1. The molecule has 0 radical (unpaired) electrons. The molecule has 1 aromatic carbocycles. The number of benzene rings is 1. The van der Waals surface area contributed by atoms with Gasteiger partial charge < -0.3 is 15.4 Å². The lowest BCUT2D eigenvalue weighted by molar-refractivity contribution is -0.125. The lowest BCUT2D eigenvalue weighted by Crippen LogP contribution is -2.46. The maximum absolute atomic E-state index is 12.0. The van der Waals surface area contributed by atoms with Crippen molar-refractivity contribution in [1.29, 1.82) is 0 Å². The van der Waals surface area contributed by atoms with Crippen LogP contribution in [0.2, 0.25) is 0 Å². The van der Waals surface area contributed by atoms with Crippen LogP contribution in [0, 0.1) is 0 Å². The Labute approximate surface area is 101 Å². The first-order valence-electron chi connectivity index (χ1n) is 5.98. The molecule has 0 aromatic heterocycles. The van der Waals surface area contributed by atoms with Crippen molar-refractivity contribution in [3.8, 4) is 5.75 Å². The summed E-state index contributed by atoms with van der Waals surface area (Å²) in [5, 5.41) is 0. The number of rotatable bonds is 3. The van der Waals surface area contributed by atoms with Crippen molar-refractivity contribution < 1.29 is 9.53 Å². The van der Waals surface area contributed by atoms with Crippen LogP contribution in [0.25, 0.3) is 0 Å². The van der Waals surface area contributed by atoms with Crippen molar-refractivity contribution in [1.82, 2.24) is 0 Å². The minimum Gasteiger partial charge on any atom is -0.479 e. The highest BCUT2D eigenvalue weighted by molar-refractivity contribution is 5.99. The first kappa shape index (κ1) is 11.9. The van der Waals surface area contributed by atoms with Gasteiger partial charge >= 0.3 is 0 Å². The summed E-state index contributed by atoms with van der Waals surface area (Å²) in [5.74, 6) is 0.749. The quantitative estimate of drug-likeness (QED) is 0.858. The van der Waals surface area contributed by atoms with E-state index in [0.717, 1.165) is 17.9 Å². The van der Waals surface area contributed by atoms with Crippen molar-refractivity contribution in [2.45, 2.75) is 26.4 Å².